The molecule has 0 heterocycles. The largest absolute Gasteiger partial charge is 0.0636 e. The average Bonchev–Trinajstić information content (AvgIpc) is 2.57. The Morgan fingerprint density at radius 2 is 0.864 bits per heavy atom. The zero-order valence-corrected chi connectivity index (χ0v) is 20.2. The summed E-state index contributed by atoms with van der Waals surface area (Å²) >= 11 is 7.27. The van der Waals surface area contributed by atoms with Gasteiger partial charge in [0, 0.05) is 0 Å². The minimum atomic E-state index is 0.556. The molecule has 2 saturated carbocycles. The van der Waals surface area contributed by atoms with Crippen LogP contribution in [0.15, 0.2) is 0 Å². The van der Waals surface area contributed by atoms with Crippen LogP contribution >= 0.6 is 45.5 Å². The molecule has 2 rings (SSSR count). The highest BCUT2D eigenvalue weighted by Gasteiger charge is 2.30. The molecule has 4 heteroatoms. The summed E-state index contributed by atoms with van der Waals surface area (Å²) in [6.07, 6.45) is 14.7. The minimum absolute atomic E-state index is 0.556. The standard InChI is InChI=1S/2C9H18BrP/c2*1-9(2,11-10)8-6-4-3-5-7-8/h2*8,11H,3-7H2,1-2H3. The van der Waals surface area contributed by atoms with Crippen molar-refractivity contribution in [2.75, 3.05) is 0 Å². The molecule has 0 aromatic carbocycles. The second kappa shape index (κ2) is 10.7. The highest BCUT2D eigenvalue weighted by atomic mass is 79.9. The zero-order chi connectivity index (χ0) is 16.6. The molecular weight excluding hydrogens is 438 g/mol. The Morgan fingerprint density at radius 3 is 1.09 bits per heavy atom. The van der Waals surface area contributed by atoms with Gasteiger partial charge in [0.2, 0.25) is 0 Å². The number of rotatable bonds is 4. The van der Waals surface area contributed by atoms with Crippen molar-refractivity contribution >= 4 is 45.5 Å². The summed E-state index contributed by atoms with van der Waals surface area (Å²) in [4.78, 5) is 0. The quantitative estimate of drug-likeness (QED) is 0.358. The summed E-state index contributed by atoms with van der Waals surface area (Å²) in [6.45, 7) is 9.60. The molecule has 22 heavy (non-hydrogen) atoms. The van der Waals surface area contributed by atoms with Crippen LogP contribution < -0.4 is 0 Å². The van der Waals surface area contributed by atoms with Gasteiger partial charge in [0.1, 0.15) is 0 Å². The molecule has 0 bridgehead atoms. The lowest BCUT2D eigenvalue weighted by atomic mass is 9.81. The van der Waals surface area contributed by atoms with Crippen LogP contribution in [-0.4, -0.2) is 10.3 Å². The van der Waals surface area contributed by atoms with Gasteiger partial charge in [0.15, 0.2) is 0 Å². The number of hydrogen-bond donors (Lipinski definition) is 0. The molecule has 2 atom stereocenters. The first-order chi connectivity index (χ1) is 10.3. The third kappa shape index (κ3) is 7.37. The van der Waals surface area contributed by atoms with Crippen molar-refractivity contribution in [2.24, 2.45) is 11.8 Å². The fraction of sp³-hybridized carbons (Fsp3) is 1.00. The molecule has 0 N–H and O–H groups in total. The molecule has 132 valence electrons. The van der Waals surface area contributed by atoms with Gasteiger partial charge in [-0.1, -0.05) is 97.2 Å². The molecule has 0 aromatic rings. The Balaban J connectivity index is 0.000000220. The molecule has 0 amide bonds. The van der Waals surface area contributed by atoms with E-state index in [1.165, 1.54) is 64.2 Å². The monoisotopic (exact) mass is 472 g/mol. The van der Waals surface area contributed by atoms with Crippen LogP contribution in [0.1, 0.15) is 91.9 Å². The summed E-state index contributed by atoms with van der Waals surface area (Å²) in [7, 11) is 1.86. The Labute approximate surface area is 159 Å². The van der Waals surface area contributed by atoms with Crippen LogP contribution in [0.5, 0.6) is 0 Å². The second-order valence-electron chi connectivity index (χ2n) is 8.30. The van der Waals surface area contributed by atoms with E-state index in [1.807, 2.05) is 0 Å². The molecule has 0 radical (unpaired) electrons. The maximum Gasteiger partial charge on any atom is -0.00520 e. The first kappa shape index (κ1) is 21.9. The molecule has 0 spiro atoms. The third-order valence-electron chi connectivity index (χ3n) is 5.74. The average molecular weight is 474 g/mol. The Bertz CT molecular complexity index is 263. The molecule has 0 aromatic heterocycles. The molecule has 2 aliphatic carbocycles. The number of hydrogen-bond acceptors (Lipinski definition) is 0. The van der Waals surface area contributed by atoms with Gasteiger partial charge >= 0.3 is 0 Å². The van der Waals surface area contributed by atoms with E-state index >= 15 is 0 Å². The van der Waals surface area contributed by atoms with Crippen molar-refractivity contribution in [2.45, 2.75) is 102 Å². The van der Waals surface area contributed by atoms with Gasteiger partial charge in [-0.3, -0.25) is 0 Å². The number of halogens is 2. The second-order valence-corrected chi connectivity index (χ2v) is 13.6. The highest BCUT2D eigenvalue weighted by molar-refractivity contribution is 9.37. The summed E-state index contributed by atoms with van der Waals surface area (Å²) < 4.78 is 0. The Morgan fingerprint density at radius 1 is 0.591 bits per heavy atom. The summed E-state index contributed by atoms with van der Waals surface area (Å²) in [5.74, 6) is 1.96. The van der Waals surface area contributed by atoms with Gasteiger partial charge in [-0.2, -0.15) is 0 Å². The first-order valence-corrected chi connectivity index (χ1v) is 15.6. The summed E-state index contributed by atoms with van der Waals surface area (Å²) in [5.41, 5.74) is 0. The maximum atomic E-state index is 3.63. The van der Waals surface area contributed by atoms with Crippen molar-refractivity contribution in [3.05, 3.63) is 0 Å². The SMILES string of the molecule is CC(C)(PBr)C1CCCCC1.CC(C)(PBr)C1CCCCC1. The van der Waals surface area contributed by atoms with Gasteiger partial charge < -0.3 is 0 Å². The van der Waals surface area contributed by atoms with Crippen LogP contribution in [0.25, 0.3) is 0 Å². The molecular formula is C18H36Br2P2. The van der Waals surface area contributed by atoms with Crippen LogP contribution in [0.2, 0.25) is 0 Å². The predicted octanol–water partition coefficient (Wildman–Crippen LogP) is 8.67. The van der Waals surface area contributed by atoms with Gasteiger partial charge in [-0.05, 0) is 62.4 Å². The normalized spacial score (nSPS) is 23.2. The first-order valence-electron chi connectivity index (χ1n) is 9.09. The van der Waals surface area contributed by atoms with E-state index in [4.69, 9.17) is 0 Å². The zero-order valence-electron chi connectivity index (χ0n) is 15.0. The van der Waals surface area contributed by atoms with E-state index in [0.29, 0.717) is 10.3 Å². The lowest BCUT2D eigenvalue weighted by molar-refractivity contribution is 0.303. The minimum Gasteiger partial charge on any atom is -0.0636 e. The molecule has 2 fully saturated rings. The molecule has 0 aliphatic heterocycles. The van der Waals surface area contributed by atoms with E-state index in [1.54, 1.807) is 0 Å². The molecule has 0 saturated heterocycles. The van der Waals surface area contributed by atoms with Gasteiger partial charge in [-0.25, -0.2) is 0 Å². The fourth-order valence-electron chi connectivity index (χ4n) is 3.80. The van der Waals surface area contributed by atoms with E-state index in [0.717, 1.165) is 26.4 Å². The topological polar surface area (TPSA) is 0 Å². The van der Waals surface area contributed by atoms with Gasteiger partial charge in [0.25, 0.3) is 0 Å². The fourth-order valence-corrected chi connectivity index (χ4v) is 6.63. The highest BCUT2D eigenvalue weighted by Crippen LogP contribution is 2.48. The van der Waals surface area contributed by atoms with Crippen LogP contribution in [0.3, 0.4) is 0 Å². The van der Waals surface area contributed by atoms with E-state index < -0.39 is 0 Å². The lowest BCUT2D eigenvalue weighted by Gasteiger charge is -2.35. The Kier molecular flexibility index (Phi) is 10.7. The van der Waals surface area contributed by atoms with Crippen molar-refractivity contribution in [1.82, 2.24) is 0 Å². The van der Waals surface area contributed by atoms with Gasteiger partial charge in [0.05, 0.1) is 0 Å². The summed E-state index contributed by atoms with van der Waals surface area (Å²) in [5, 5.41) is 1.11. The smallest absolute Gasteiger partial charge is 0.00520 e. The lowest BCUT2D eigenvalue weighted by Crippen LogP contribution is -2.27. The van der Waals surface area contributed by atoms with Crippen LogP contribution in [0.4, 0.5) is 0 Å². The van der Waals surface area contributed by atoms with E-state index in [2.05, 4.69) is 58.7 Å². The predicted molar refractivity (Wildman–Crippen MR) is 116 cm³/mol. The van der Waals surface area contributed by atoms with Crippen molar-refractivity contribution in [1.29, 1.82) is 0 Å². The molecule has 2 unspecified atom stereocenters. The van der Waals surface area contributed by atoms with Gasteiger partial charge in [-0.15, -0.1) is 0 Å². The van der Waals surface area contributed by atoms with Crippen LogP contribution in [-0.2, 0) is 0 Å². The Hall–Kier alpha value is 1.82. The van der Waals surface area contributed by atoms with Crippen molar-refractivity contribution in [3.63, 3.8) is 0 Å². The molecule has 0 nitrogen and oxygen atoms in total. The van der Waals surface area contributed by atoms with Crippen molar-refractivity contribution in [3.8, 4) is 0 Å². The van der Waals surface area contributed by atoms with Crippen molar-refractivity contribution < 1.29 is 0 Å². The van der Waals surface area contributed by atoms with E-state index in [-0.39, 0.29) is 0 Å². The summed E-state index contributed by atoms with van der Waals surface area (Å²) in [6, 6.07) is 0. The maximum absolute atomic E-state index is 3.63. The van der Waals surface area contributed by atoms with E-state index in [9.17, 15) is 0 Å². The van der Waals surface area contributed by atoms with Crippen LogP contribution in [0, 0.1) is 11.8 Å². The third-order valence-corrected chi connectivity index (χ3v) is 13.7. The molecule has 2 aliphatic rings.